The lowest BCUT2D eigenvalue weighted by molar-refractivity contribution is 0.0928. The van der Waals surface area contributed by atoms with Gasteiger partial charge in [-0.25, -0.2) is 4.98 Å². The number of nitrogens with one attached hydrogen (secondary N) is 1. The second-order valence-corrected chi connectivity index (χ2v) is 6.85. The van der Waals surface area contributed by atoms with E-state index >= 15 is 0 Å². The molecule has 0 radical (unpaired) electrons. The Bertz CT molecular complexity index is 908. The zero-order chi connectivity index (χ0) is 17.2. The molecule has 0 saturated carbocycles. The van der Waals surface area contributed by atoms with Gasteiger partial charge in [-0.05, 0) is 25.1 Å². The average molecular weight is 351 g/mol. The monoisotopic (exact) mass is 351 g/mol. The van der Waals surface area contributed by atoms with E-state index in [0.29, 0.717) is 11.5 Å². The zero-order valence-corrected chi connectivity index (χ0v) is 14.5. The van der Waals surface area contributed by atoms with Crippen LogP contribution in [0.4, 0.5) is 0 Å². The van der Waals surface area contributed by atoms with Crippen LogP contribution in [0.2, 0.25) is 0 Å². The van der Waals surface area contributed by atoms with Crippen molar-refractivity contribution < 1.29 is 9.53 Å². The number of rotatable bonds is 3. The molecule has 1 aliphatic heterocycles. The number of benzene rings is 1. The van der Waals surface area contributed by atoms with Crippen LogP contribution in [0.25, 0.3) is 10.7 Å². The molecule has 0 bridgehead atoms. The second kappa shape index (κ2) is 6.64. The average Bonchev–Trinajstić information content (AvgIpc) is 3.05. The third-order valence-electron chi connectivity index (χ3n) is 4.15. The van der Waals surface area contributed by atoms with E-state index in [2.05, 4.69) is 15.3 Å². The number of thiazole rings is 1. The fourth-order valence-electron chi connectivity index (χ4n) is 2.92. The molecule has 1 aliphatic rings. The third-order valence-corrected chi connectivity index (χ3v) is 5.33. The van der Waals surface area contributed by atoms with Crippen molar-refractivity contribution in [2.24, 2.45) is 0 Å². The standard InChI is InChI=1S/C19H17N3O2S/c1-12-17(25-19(21-12)15-7-4-5-10-20-15)18(23)22-14-9-11-24-16-8-3-2-6-13(14)16/h2-8,10,14H,9,11H2,1H3,(H,22,23)/t14-/m0/s1. The smallest absolute Gasteiger partial charge is 0.263 e. The first-order chi connectivity index (χ1) is 12.2. The van der Waals surface area contributed by atoms with E-state index in [1.165, 1.54) is 11.3 Å². The number of fused-ring (bicyclic) bond motifs is 1. The number of pyridine rings is 1. The summed E-state index contributed by atoms with van der Waals surface area (Å²) in [6.07, 6.45) is 2.48. The first kappa shape index (κ1) is 15.8. The van der Waals surface area contributed by atoms with Crippen LogP contribution in [-0.4, -0.2) is 22.5 Å². The number of ether oxygens (including phenoxy) is 1. The maximum atomic E-state index is 12.8. The normalized spacial score (nSPS) is 16.0. The van der Waals surface area contributed by atoms with Crippen LogP contribution in [0, 0.1) is 6.92 Å². The fraction of sp³-hybridized carbons (Fsp3) is 0.211. The predicted molar refractivity (Wildman–Crippen MR) is 96.8 cm³/mol. The minimum absolute atomic E-state index is 0.0442. The molecular weight excluding hydrogens is 334 g/mol. The van der Waals surface area contributed by atoms with Crippen LogP contribution in [0.5, 0.6) is 5.75 Å². The molecule has 2 aromatic heterocycles. The van der Waals surface area contributed by atoms with Crippen molar-refractivity contribution in [3.05, 3.63) is 64.8 Å². The highest BCUT2D eigenvalue weighted by atomic mass is 32.1. The van der Waals surface area contributed by atoms with Crippen molar-refractivity contribution in [2.45, 2.75) is 19.4 Å². The molecule has 25 heavy (non-hydrogen) atoms. The number of para-hydroxylation sites is 1. The van der Waals surface area contributed by atoms with Crippen LogP contribution < -0.4 is 10.1 Å². The SMILES string of the molecule is Cc1nc(-c2ccccn2)sc1C(=O)N[C@H]1CCOc2ccccc21. The van der Waals surface area contributed by atoms with E-state index < -0.39 is 0 Å². The van der Waals surface area contributed by atoms with Gasteiger partial charge in [0.05, 0.1) is 24.0 Å². The van der Waals surface area contributed by atoms with Crippen LogP contribution >= 0.6 is 11.3 Å². The number of aromatic nitrogens is 2. The van der Waals surface area contributed by atoms with Gasteiger partial charge in [0.2, 0.25) is 0 Å². The van der Waals surface area contributed by atoms with E-state index in [1.807, 2.05) is 49.4 Å². The summed E-state index contributed by atoms with van der Waals surface area (Å²) in [6.45, 7) is 2.46. The van der Waals surface area contributed by atoms with Gasteiger partial charge in [-0.2, -0.15) is 0 Å². The van der Waals surface area contributed by atoms with E-state index in [4.69, 9.17) is 4.74 Å². The number of hydrogen-bond acceptors (Lipinski definition) is 5. The lowest BCUT2D eigenvalue weighted by Gasteiger charge is -2.26. The van der Waals surface area contributed by atoms with E-state index in [0.717, 1.165) is 34.1 Å². The van der Waals surface area contributed by atoms with Crippen molar-refractivity contribution in [2.75, 3.05) is 6.61 Å². The van der Waals surface area contributed by atoms with Gasteiger partial charge in [0.25, 0.3) is 5.91 Å². The third kappa shape index (κ3) is 3.13. The molecule has 0 aliphatic carbocycles. The van der Waals surface area contributed by atoms with E-state index in [-0.39, 0.29) is 11.9 Å². The molecule has 0 saturated heterocycles. The molecule has 3 heterocycles. The van der Waals surface area contributed by atoms with Crippen molar-refractivity contribution in [3.63, 3.8) is 0 Å². The summed E-state index contributed by atoms with van der Waals surface area (Å²) >= 11 is 1.37. The highest BCUT2D eigenvalue weighted by molar-refractivity contribution is 7.17. The molecule has 5 nitrogen and oxygen atoms in total. The summed E-state index contributed by atoms with van der Waals surface area (Å²) in [6, 6.07) is 13.5. The molecule has 6 heteroatoms. The summed E-state index contributed by atoms with van der Waals surface area (Å²) in [5.41, 5.74) is 2.53. The Morgan fingerprint density at radius 3 is 2.92 bits per heavy atom. The first-order valence-corrected chi connectivity index (χ1v) is 8.95. The summed E-state index contributed by atoms with van der Waals surface area (Å²) in [5.74, 6) is 0.744. The minimum Gasteiger partial charge on any atom is -0.493 e. The van der Waals surface area contributed by atoms with Crippen molar-refractivity contribution in [3.8, 4) is 16.5 Å². The van der Waals surface area contributed by atoms with Crippen LogP contribution in [0.3, 0.4) is 0 Å². The van der Waals surface area contributed by atoms with Crippen LogP contribution in [0.15, 0.2) is 48.7 Å². The van der Waals surface area contributed by atoms with Gasteiger partial charge in [-0.1, -0.05) is 24.3 Å². The Morgan fingerprint density at radius 2 is 2.08 bits per heavy atom. The number of aryl methyl sites for hydroxylation is 1. The molecule has 0 spiro atoms. The molecule has 1 amide bonds. The van der Waals surface area contributed by atoms with Gasteiger partial charge < -0.3 is 10.1 Å². The Kier molecular flexibility index (Phi) is 4.19. The molecular formula is C19H17N3O2S. The summed E-state index contributed by atoms with van der Waals surface area (Å²) in [4.78, 5) is 22.2. The Morgan fingerprint density at radius 1 is 1.24 bits per heavy atom. The minimum atomic E-state index is -0.0983. The van der Waals surface area contributed by atoms with Crippen LogP contribution in [0.1, 0.15) is 33.4 Å². The Hall–Kier alpha value is -2.73. The van der Waals surface area contributed by atoms with E-state index in [1.54, 1.807) is 6.20 Å². The number of carbonyl (C=O) groups excluding carboxylic acids is 1. The predicted octanol–water partition coefficient (Wildman–Crippen LogP) is 3.77. The molecule has 0 unspecified atom stereocenters. The second-order valence-electron chi connectivity index (χ2n) is 5.85. The molecule has 3 aromatic rings. The topological polar surface area (TPSA) is 64.1 Å². The summed E-state index contributed by atoms with van der Waals surface area (Å²) in [5, 5.41) is 3.89. The summed E-state index contributed by atoms with van der Waals surface area (Å²) in [7, 11) is 0. The number of hydrogen-bond donors (Lipinski definition) is 1. The van der Waals surface area contributed by atoms with Crippen LogP contribution in [-0.2, 0) is 0 Å². The first-order valence-electron chi connectivity index (χ1n) is 8.14. The van der Waals surface area contributed by atoms with Gasteiger partial charge in [0.1, 0.15) is 15.6 Å². The number of amides is 1. The van der Waals surface area contributed by atoms with Gasteiger partial charge in [0.15, 0.2) is 0 Å². The Balaban J connectivity index is 1.58. The molecule has 126 valence electrons. The molecule has 1 atom stereocenters. The fourth-order valence-corrected chi connectivity index (χ4v) is 3.87. The van der Waals surface area contributed by atoms with Gasteiger partial charge in [-0.3, -0.25) is 9.78 Å². The quantitative estimate of drug-likeness (QED) is 0.780. The van der Waals surface area contributed by atoms with Crippen molar-refractivity contribution in [1.29, 1.82) is 0 Å². The number of nitrogens with zero attached hydrogens (tertiary/aromatic N) is 2. The zero-order valence-electron chi connectivity index (χ0n) is 13.7. The largest absolute Gasteiger partial charge is 0.493 e. The van der Waals surface area contributed by atoms with Gasteiger partial charge in [-0.15, -0.1) is 11.3 Å². The van der Waals surface area contributed by atoms with Gasteiger partial charge >= 0.3 is 0 Å². The lowest BCUT2D eigenvalue weighted by Crippen LogP contribution is -2.32. The number of carbonyl (C=O) groups is 1. The molecule has 1 aromatic carbocycles. The van der Waals surface area contributed by atoms with Crippen molar-refractivity contribution in [1.82, 2.24) is 15.3 Å². The molecule has 4 rings (SSSR count). The Labute approximate surface area is 149 Å². The summed E-state index contributed by atoms with van der Waals surface area (Å²) < 4.78 is 5.66. The van der Waals surface area contributed by atoms with Crippen molar-refractivity contribution >= 4 is 17.2 Å². The van der Waals surface area contributed by atoms with E-state index in [9.17, 15) is 4.79 Å². The maximum Gasteiger partial charge on any atom is 0.263 e. The highest BCUT2D eigenvalue weighted by Crippen LogP contribution is 2.32. The molecule has 0 fully saturated rings. The highest BCUT2D eigenvalue weighted by Gasteiger charge is 2.25. The molecule has 1 N–H and O–H groups in total. The van der Waals surface area contributed by atoms with Gasteiger partial charge in [0, 0.05) is 18.2 Å². The lowest BCUT2D eigenvalue weighted by atomic mass is 10.0. The maximum absolute atomic E-state index is 12.8.